The Morgan fingerprint density at radius 2 is 2.06 bits per heavy atom. The normalized spacial score (nSPS) is 30.3. The molecule has 2 heterocycles. The molecule has 0 radical (unpaired) electrons. The van der Waals surface area contributed by atoms with Gasteiger partial charge in [-0.3, -0.25) is 4.79 Å². The Balaban J connectivity index is 2.11. The lowest BCUT2D eigenvalue weighted by atomic mass is 9.73. The van der Waals surface area contributed by atoms with Gasteiger partial charge in [-0.2, -0.15) is 0 Å². The molecule has 1 atom stereocenters. The summed E-state index contributed by atoms with van der Waals surface area (Å²) in [5, 5.41) is 3.20. The molecule has 2 fully saturated rings. The molecule has 98 valence electrons. The number of ether oxygens (including phenoxy) is 1. The lowest BCUT2D eigenvalue weighted by molar-refractivity contribution is -0.151. The highest BCUT2D eigenvalue weighted by Crippen LogP contribution is 2.42. The second-order valence-corrected chi connectivity index (χ2v) is 7.25. The number of hydrogen-bond acceptors (Lipinski definition) is 5. The van der Waals surface area contributed by atoms with Gasteiger partial charge in [0.05, 0.1) is 24.0 Å². The van der Waals surface area contributed by atoms with Crippen LogP contribution in [0.25, 0.3) is 0 Å². The lowest BCUT2D eigenvalue weighted by Crippen LogP contribution is -2.42. The second kappa shape index (κ2) is 4.57. The molecule has 2 aliphatic rings. The summed E-state index contributed by atoms with van der Waals surface area (Å²) in [7, 11) is -2.89. The third-order valence-electron chi connectivity index (χ3n) is 3.96. The Morgan fingerprint density at radius 1 is 1.41 bits per heavy atom. The van der Waals surface area contributed by atoms with Gasteiger partial charge in [0.2, 0.25) is 0 Å². The van der Waals surface area contributed by atoms with Gasteiger partial charge >= 0.3 is 5.97 Å². The number of carbonyl (C=O) groups excluding carboxylic acids is 1. The molecular weight excluding hydrogens is 242 g/mol. The van der Waals surface area contributed by atoms with E-state index in [1.165, 1.54) is 0 Å². The zero-order valence-corrected chi connectivity index (χ0v) is 10.9. The lowest BCUT2D eigenvalue weighted by Gasteiger charge is -2.36. The Hall–Kier alpha value is -0.620. The summed E-state index contributed by atoms with van der Waals surface area (Å²) in [5.74, 6) is 0.0320. The van der Waals surface area contributed by atoms with Crippen molar-refractivity contribution in [2.75, 3.05) is 31.2 Å². The van der Waals surface area contributed by atoms with Gasteiger partial charge in [-0.15, -0.1) is 0 Å². The van der Waals surface area contributed by atoms with E-state index in [-0.39, 0.29) is 28.8 Å². The molecule has 0 aliphatic carbocycles. The molecule has 1 unspecified atom stereocenters. The molecular formula is C11H19NO4S. The topological polar surface area (TPSA) is 72.5 Å². The molecule has 1 N–H and O–H groups in total. The van der Waals surface area contributed by atoms with Gasteiger partial charge in [-0.1, -0.05) is 0 Å². The zero-order valence-electron chi connectivity index (χ0n) is 10.1. The fraction of sp³-hybridized carbons (Fsp3) is 0.909. The van der Waals surface area contributed by atoms with Gasteiger partial charge < -0.3 is 10.1 Å². The van der Waals surface area contributed by atoms with E-state index in [0.717, 1.165) is 6.54 Å². The molecule has 0 aromatic carbocycles. The van der Waals surface area contributed by atoms with E-state index in [9.17, 15) is 13.2 Å². The van der Waals surface area contributed by atoms with E-state index in [2.05, 4.69) is 5.32 Å². The van der Waals surface area contributed by atoms with Crippen molar-refractivity contribution < 1.29 is 17.9 Å². The van der Waals surface area contributed by atoms with E-state index in [0.29, 0.717) is 26.0 Å². The SMILES string of the molecule is CCOC(=O)C1CNCC12CCS(=O)(=O)CC2. The Bertz CT molecular complexity index is 390. The van der Waals surface area contributed by atoms with Crippen LogP contribution in [0.1, 0.15) is 19.8 Å². The highest BCUT2D eigenvalue weighted by atomic mass is 32.2. The predicted octanol–water partition coefficient (Wildman–Crippen LogP) is -0.0361. The molecule has 5 nitrogen and oxygen atoms in total. The number of carbonyl (C=O) groups is 1. The van der Waals surface area contributed by atoms with Crippen molar-refractivity contribution in [1.29, 1.82) is 0 Å². The number of esters is 1. The zero-order chi connectivity index (χ0) is 12.5. The summed E-state index contributed by atoms with van der Waals surface area (Å²) in [5.41, 5.74) is -0.197. The Labute approximate surface area is 102 Å². The average molecular weight is 261 g/mol. The van der Waals surface area contributed by atoms with Crippen molar-refractivity contribution in [3.63, 3.8) is 0 Å². The molecule has 0 aromatic heterocycles. The third kappa shape index (κ3) is 2.47. The summed E-state index contributed by atoms with van der Waals surface area (Å²) in [6.45, 7) is 3.51. The van der Waals surface area contributed by atoms with Crippen LogP contribution < -0.4 is 5.32 Å². The first kappa shape index (κ1) is 12.8. The molecule has 0 aromatic rings. The van der Waals surface area contributed by atoms with E-state index < -0.39 is 9.84 Å². The van der Waals surface area contributed by atoms with Crippen LogP contribution >= 0.6 is 0 Å². The van der Waals surface area contributed by atoms with Gasteiger partial charge in [0.1, 0.15) is 9.84 Å². The molecule has 1 spiro atoms. The summed E-state index contributed by atoms with van der Waals surface area (Å²) >= 11 is 0. The minimum absolute atomic E-state index is 0.182. The Morgan fingerprint density at radius 3 is 2.65 bits per heavy atom. The second-order valence-electron chi connectivity index (χ2n) is 4.95. The molecule has 17 heavy (non-hydrogen) atoms. The summed E-state index contributed by atoms with van der Waals surface area (Å²) in [4.78, 5) is 11.9. The van der Waals surface area contributed by atoms with Gasteiger partial charge in [0.15, 0.2) is 0 Å². The highest BCUT2D eigenvalue weighted by molar-refractivity contribution is 7.91. The van der Waals surface area contributed by atoms with Crippen molar-refractivity contribution in [3.8, 4) is 0 Å². The molecule has 0 amide bonds. The molecule has 2 saturated heterocycles. The molecule has 2 aliphatic heterocycles. The molecule has 0 saturated carbocycles. The van der Waals surface area contributed by atoms with Gasteiger partial charge in [0, 0.05) is 13.1 Å². The summed E-state index contributed by atoms with van der Waals surface area (Å²) in [6, 6.07) is 0. The van der Waals surface area contributed by atoms with Crippen LogP contribution in [0.5, 0.6) is 0 Å². The summed E-state index contributed by atoms with van der Waals surface area (Å²) < 4.78 is 28.0. The molecule has 0 bridgehead atoms. The van der Waals surface area contributed by atoms with Gasteiger partial charge in [-0.25, -0.2) is 8.42 Å². The largest absolute Gasteiger partial charge is 0.466 e. The number of nitrogens with one attached hydrogen (secondary N) is 1. The van der Waals surface area contributed by atoms with Crippen LogP contribution in [-0.2, 0) is 19.4 Å². The van der Waals surface area contributed by atoms with Crippen LogP contribution in [0.2, 0.25) is 0 Å². The monoisotopic (exact) mass is 261 g/mol. The van der Waals surface area contributed by atoms with Crippen LogP contribution in [0, 0.1) is 11.3 Å². The van der Waals surface area contributed by atoms with Crippen molar-refractivity contribution in [2.24, 2.45) is 11.3 Å². The van der Waals surface area contributed by atoms with Crippen LogP contribution in [0.4, 0.5) is 0 Å². The average Bonchev–Trinajstić information content (AvgIpc) is 2.68. The van der Waals surface area contributed by atoms with Crippen molar-refractivity contribution >= 4 is 15.8 Å². The van der Waals surface area contributed by atoms with Crippen molar-refractivity contribution in [2.45, 2.75) is 19.8 Å². The van der Waals surface area contributed by atoms with Crippen molar-refractivity contribution in [3.05, 3.63) is 0 Å². The number of rotatable bonds is 2. The number of sulfone groups is 1. The van der Waals surface area contributed by atoms with Crippen molar-refractivity contribution in [1.82, 2.24) is 5.32 Å². The molecule has 2 rings (SSSR count). The minimum Gasteiger partial charge on any atom is -0.466 e. The first-order chi connectivity index (χ1) is 7.99. The quantitative estimate of drug-likeness (QED) is 0.706. The van der Waals surface area contributed by atoms with E-state index in [4.69, 9.17) is 4.74 Å². The molecule has 6 heteroatoms. The van der Waals surface area contributed by atoms with E-state index in [1.54, 1.807) is 6.92 Å². The van der Waals surface area contributed by atoms with Crippen LogP contribution in [0.15, 0.2) is 0 Å². The fourth-order valence-electron chi connectivity index (χ4n) is 2.85. The fourth-order valence-corrected chi connectivity index (χ4v) is 4.49. The predicted molar refractivity (Wildman–Crippen MR) is 63.3 cm³/mol. The van der Waals surface area contributed by atoms with Gasteiger partial charge in [-0.05, 0) is 25.2 Å². The smallest absolute Gasteiger partial charge is 0.310 e. The highest BCUT2D eigenvalue weighted by Gasteiger charge is 2.50. The Kier molecular flexibility index (Phi) is 3.45. The maximum Gasteiger partial charge on any atom is 0.310 e. The standard InChI is InChI=1S/C11H19NO4S/c1-2-16-10(13)9-7-12-8-11(9)3-5-17(14,15)6-4-11/h9,12H,2-8H2,1H3. The third-order valence-corrected chi connectivity index (χ3v) is 5.61. The van der Waals surface area contributed by atoms with Crippen LogP contribution in [-0.4, -0.2) is 45.6 Å². The van der Waals surface area contributed by atoms with Gasteiger partial charge in [0.25, 0.3) is 0 Å². The maximum atomic E-state index is 11.9. The maximum absolute atomic E-state index is 11.9. The first-order valence-corrected chi connectivity index (χ1v) is 7.89. The van der Waals surface area contributed by atoms with E-state index in [1.807, 2.05) is 0 Å². The minimum atomic E-state index is -2.89. The number of hydrogen-bond donors (Lipinski definition) is 1. The van der Waals surface area contributed by atoms with Crippen LogP contribution in [0.3, 0.4) is 0 Å². The first-order valence-electron chi connectivity index (χ1n) is 6.07. The van der Waals surface area contributed by atoms with E-state index >= 15 is 0 Å². The summed E-state index contributed by atoms with van der Waals surface area (Å²) in [6.07, 6.45) is 1.15.